The van der Waals surface area contributed by atoms with Crippen LogP contribution in [0.5, 0.6) is 0 Å². The van der Waals surface area contributed by atoms with E-state index in [2.05, 4.69) is 14.9 Å². The molecule has 2 aliphatic heterocycles. The van der Waals surface area contributed by atoms with Crippen molar-refractivity contribution < 1.29 is 22.8 Å². The summed E-state index contributed by atoms with van der Waals surface area (Å²) in [5.41, 5.74) is 0.680. The Hall–Kier alpha value is -1.94. The topological polar surface area (TPSA) is 125 Å². The summed E-state index contributed by atoms with van der Waals surface area (Å²) in [5.74, 6) is -0.464. The van der Waals surface area contributed by atoms with Crippen LogP contribution < -0.4 is 5.32 Å². The first-order chi connectivity index (χ1) is 11.7. The summed E-state index contributed by atoms with van der Waals surface area (Å²) in [6.45, 7) is 5.70. The predicted octanol–water partition coefficient (Wildman–Crippen LogP) is -0.0266. The molecule has 0 unspecified atom stereocenters. The summed E-state index contributed by atoms with van der Waals surface area (Å²) < 4.78 is 32.1. The van der Waals surface area contributed by atoms with E-state index in [1.165, 1.54) is 4.90 Å². The maximum absolute atomic E-state index is 13.2. The number of nitrogens with one attached hydrogen (secondary N) is 1. The summed E-state index contributed by atoms with van der Waals surface area (Å²) in [6, 6.07) is 1.13. The number of carbonyl (C=O) groups is 1. The van der Waals surface area contributed by atoms with Gasteiger partial charge in [0.2, 0.25) is 5.91 Å². The molecular weight excluding hydrogens is 348 g/mol. The molecule has 0 saturated carbocycles. The van der Waals surface area contributed by atoms with Gasteiger partial charge in [0.25, 0.3) is 10.0 Å². The normalized spacial score (nSPS) is 26.6. The molecule has 3 rings (SSSR count). The number of nitrogens with zero attached hydrogens (tertiary/aromatic N) is 3. The Bertz CT molecular complexity index is 801. The Morgan fingerprint density at radius 3 is 2.72 bits per heavy atom. The molecule has 0 spiro atoms. The Kier molecular flexibility index (Phi) is 4.58. The monoisotopic (exact) mass is 370 g/mol. The summed E-state index contributed by atoms with van der Waals surface area (Å²) in [5, 5.41) is 16.6. The largest absolute Gasteiger partial charge is 0.391 e. The molecule has 1 saturated heterocycles. The number of hydrogen-bond donors (Lipinski definition) is 2. The van der Waals surface area contributed by atoms with Crippen LogP contribution >= 0.6 is 0 Å². The zero-order valence-electron chi connectivity index (χ0n) is 14.3. The lowest BCUT2D eigenvalue weighted by molar-refractivity contribution is -0.134. The van der Waals surface area contributed by atoms with Crippen molar-refractivity contribution in [1.82, 2.24) is 15.4 Å². The Morgan fingerprint density at radius 2 is 2.20 bits per heavy atom. The van der Waals surface area contributed by atoms with Crippen LogP contribution in [0, 0.1) is 12.8 Å². The number of aryl methyl sites for hydroxylation is 1. The van der Waals surface area contributed by atoms with Crippen molar-refractivity contribution in [2.45, 2.75) is 45.3 Å². The van der Waals surface area contributed by atoms with Gasteiger partial charge in [0.05, 0.1) is 17.8 Å². The molecular formula is C15H22N4O5S. The number of sulfonamides is 1. The molecule has 0 aliphatic carbocycles. The third-order valence-corrected chi connectivity index (χ3v) is 5.42. The van der Waals surface area contributed by atoms with Gasteiger partial charge in [-0.15, -0.1) is 4.40 Å². The maximum Gasteiger partial charge on any atom is 0.272 e. The predicted molar refractivity (Wildman–Crippen MR) is 89.3 cm³/mol. The van der Waals surface area contributed by atoms with Crippen molar-refractivity contribution >= 4 is 21.8 Å². The lowest BCUT2D eigenvalue weighted by Crippen LogP contribution is -2.47. The van der Waals surface area contributed by atoms with E-state index in [0.29, 0.717) is 11.5 Å². The molecule has 9 nitrogen and oxygen atoms in total. The number of aromatic nitrogens is 1. The van der Waals surface area contributed by atoms with Crippen molar-refractivity contribution in [1.29, 1.82) is 0 Å². The highest BCUT2D eigenvalue weighted by molar-refractivity contribution is 7.90. The van der Waals surface area contributed by atoms with Gasteiger partial charge in [0.15, 0.2) is 0 Å². The first kappa shape index (κ1) is 17.9. The molecule has 1 aromatic heterocycles. The van der Waals surface area contributed by atoms with Gasteiger partial charge in [-0.2, -0.15) is 0 Å². The van der Waals surface area contributed by atoms with Gasteiger partial charge in [-0.3, -0.25) is 4.79 Å². The molecule has 0 radical (unpaired) electrons. The lowest BCUT2D eigenvalue weighted by atomic mass is 9.91. The van der Waals surface area contributed by atoms with Gasteiger partial charge >= 0.3 is 0 Å². The van der Waals surface area contributed by atoms with Gasteiger partial charge in [-0.05, 0) is 12.8 Å². The molecule has 0 bridgehead atoms. The molecule has 2 aliphatic rings. The van der Waals surface area contributed by atoms with E-state index in [1.807, 2.05) is 13.8 Å². The van der Waals surface area contributed by atoms with Gasteiger partial charge in [0.1, 0.15) is 23.4 Å². The number of rotatable bonds is 4. The fraction of sp³-hybridized carbons (Fsp3) is 0.667. The quantitative estimate of drug-likeness (QED) is 0.762. The van der Waals surface area contributed by atoms with Gasteiger partial charge < -0.3 is 19.8 Å². The summed E-state index contributed by atoms with van der Waals surface area (Å²) >= 11 is 0. The van der Waals surface area contributed by atoms with Crippen LogP contribution in [0.25, 0.3) is 0 Å². The Balaban J connectivity index is 1.90. The minimum Gasteiger partial charge on any atom is -0.391 e. The second-order valence-corrected chi connectivity index (χ2v) is 8.50. The molecule has 3 heterocycles. The second-order valence-electron chi connectivity index (χ2n) is 6.87. The first-order valence-electron chi connectivity index (χ1n) is 8.16. The molecule has 1 amide bonds. The third-order valence-electron chi connectivity index (χ3n) is 4.44. The van der Waals surface area contributed by atoms with E-state index in [-0.39, 0.29) is 36.5 Å². The van der Waals surface area contributed by atoms with Crippen molar-refractivity contribution in [2.75, 3.05) is 12.4 Å². The number of likely N-dealkylation sites (tertiary alicyclic amines) is 1. The molecule has 0 aromatic carbocycles. The minimum absolute atomic E-state index is 0.0551. The van der Waals surface area contributed by atoms with E-state index in [0.717, 1.165) is 0 Å². The first-order valence-corrected chi connectivity index (χ1v) is 9.77. The van der Waals surface area contributed by atoms with E-state index < -0.39 is 28.1 Å². The lowest BCUT2D eigenvalue weighted by Gasteiger charge is -2.29. The molecule has 2 N–H and O–H groups in total. The van der Waals surface area contributed by atoms with Crippen LogP contribution in [0.2, 0.25) is 0 Å². The molecule has 1 aromatic rings. The number of aliphatic hydroxyl groups is 1. The van der Waals surface area contributed by atoms with Crippen LogP contribution in [0.1, 0.15) is 37.6 Å². The fourth-order valence-corrected chi connectivity index (χ4v) is 4.20. The second kappa shape index (κ2) is 6.41. The zero-order chi connectivity index (χ0) is 18.4. The molecule has 1 fully saturated rings. The van der Waals surface area contributed by atoms with E-state index in [9.17, 15) is 18.3 Å². The van der Waals surface area contributed by atoms with Crippen LogP contribution in [-0.2, 0) is 14.8 Å². The smallest absolute Gasteiger partial charge is 0.272 e. The molecule has 25 heavy (non-hydrogen) atoms. The summed E-state index contributed by atoms with van der Waals surface area (Å²) in [4.78, 5) is 14.7. The SMILES string of the molecule is Cc1cc([C@H](C(=O)N2C[C@H](O)C[C@H]2C2=NS(=O)(=O)CN2)C(C)C)on1. The van der Waals surface area contributed by atoms with Crippen molar-refractivity contribution in [3.8, 4) is 0 Å². The number of amides is 1. The van der Waals surface area contributed by atoms with E-state index in [1.54, 1.807) is 13.0 Å². The molecule has 138 valence electrons. The minimum atomic E-state index is -3.56. The zero-order valence-corrected chi connectivity index (χ0v) is 15.2. The Labute approximate surface area is 146 Å². The maximum atomic E-state index is 13.2. The highest BCUT2D eigenvalue weighted by Crippen LogP contribution is 2.31. The number of β-amino-alcohol motifs (C(OH)–C–C–N with tert-alkyl or cyclic N) is 1. The average molecular weight is 370 g/mol. The van der Waals surface area contributed by atoms with E-state index >= 15 is 0 Å². The number of amidine groups is 1. The molecule has 3 atom stereocenters. The van der Waals surface area contributed by atoms with Gasteiger partial charge in [-0.25, -0.2) is 8.42 Å². The van der Waals surface area contributed by atoms with Crippen molar-refractivity contribution in [3.63, 3.8) is 0 Å². The van der Waals surface area contributed by atoms with Crippen LogP contribution in [0.3, 0.4) is 0 Å². The summed E-state index contributed by atoms with van der Waals surface area (Å²) in [6.07, 6.45) is -0.487. The standard InChI is InChI=1S/C15H22N4O5S/c1-8(2)13(12-4-9(3)17-24-12)15(21)19-6-10(20)5-11(19)14-16-7-25(22,23)18-14/h4,8,10-11,13,20H,5-7H2,1-3H3,(H,16,18)/t10-,11+,13-/m1/s1. The van der Waals surface area contributed by atoms with Crippen molar-refractivity contribution in [2.24, 2.45) is 10.3 Å². The van der Waals surface area contributed by atoms with Crippen molar-refractivity contribution in [3.05, 3.63) is 17.5 Å². The Morgan fingerprint density at radius 1 is 1.48 bits per heavy atom. The number of carbonyl (C=O) groups excluding carboxylic acids is 1. The highest BCUT2D eigenvalue weighted by Gasteiger charge is 2.43. The van der Waals surface area contributed by atoms with Gasteiger partial charge in [0, 0.05) is 19.0 Å². The average Bonchev–Trinajstić information content (AvgIpc) is 3.18. The van der Waals surface area contributed by atoms with Crippen LogP contribution in [0.4, 0.5) is 0 Å². The fourth-order valence-electron chi connectivity index (χ4n) is 3.32. The van der Waals surface area contributed by atoms with Crippen LogP contribution in [-0.4, -0.2) is 59.9 Å². The van der Waals surface area contributed by atoms with Gasteiger partial charge in [-0.1, -0.05) is 19.0 Å². The molecule has 10 heteroatoms. The van der Waals surface area contributed by atoms with Crippen LogP contribution in [0.15, 0.2) is 15.0 Å². The summed E-state index contributed by atoms with van der Waals surface area (Å²) in [7, 11) is -3.56. The highest BCUT2D eigenvalue weighted by atomic mass is 32.2. The van der Waals surface area contributed by atoms with E-state index in [4.69, 9.17) is 4.52 Å². The number of hydrogen-bond acceptors (Lipinski definition) is 7. The number of aliphatic hydroxyl groups excluding tert-OH is 1. The third kappa shape index (κ3) is 3.54.